The van der Waals surface area contributed by atoms with Crippen LogP contribution in [0.5, 0.6) is 5.75 Å². The lowest BCUT2D eigenvalue weighted by atomic mass is 9.80. The lowest BCUT2D eigenvalue weighted by molar-refractivity contribution is 0.164. The molecule has 1 aromatic carbocycles. The van der Waals surface area contributed by atoms with Gasteiger partial charge in [0, 0.05) is 18.7 Å². The lowest BCUT2D eigenvalue weighted by Gasteiger charge is -2.36. The van der Waals surface area contributed by atoms with Crippen molar-refractivity contribution in [2.45, 2.75) is 46.1 Å². The standard InChI is InChI=1S/C18H31NOS/c1-5-11-18(15-21,12-6-2)14-19(3)13-16-9-7-8-10-17(16)20-4/h7-10,21H,5-6,11-15H2,1-4H3. The molecule has 0 aliphatic carbocycles. The number of ether oxygens (including phenoxy) is 1. The molecule has 0 amide bonds. The van der Waals surface area contributed by atoms with E-state index in [1.807, 2.05) is 12.1 Å². The zero-order chi connectivity index (χ0) is 15.7. The minimum atomic E-state index is 0.337. The predicted octanol–water partition coefficient (Wildman–Crippen LogP) is 4.64. The predicted molar refractivity (Wildman–Crippen MR) is 95.4 cm³/mol. The Bertz CT molecular complexity index is 402. The number of nitrogens with zero attached hydrogens (tertiary/aromatic N) is 1. The summed E-state index contributed by atoms with van der Waals surface area (Å²) in [6.07, 6.45) is 4.95. The molecule has 0 saturated heterocycles. The molecule has 2 nitrogen and oxygen atoms in total. The van der Waals surface area contributed by atoms with E-state index in [2.05, 4.69) is 50.6 Å². The number of para-hydroxylation sites is 1. The molecule has 0 aliphatic rings. The summed E-state index contributed by atoms with van der Waals surface area (Å²) in [5.41, 5.74) is 1.59. The summed E-state index contributed by atoms with van der Waals surface area (Å²) in [5, 5.41) is 0. The van der Waals surface area contributed by atoms with Gasteiger partial charge in [-0.3, -0.25) is 0 Å². The number of hydrogen-bond donors (Lipinski definition) is 1. The maximum Gasteiger partial charge on any atom is 0.123 e. The topological polar surface area (TPSA) is 12.5 Å². The van der Waals surface area contributed by atoms with E-state index in [-0.39, 0.29) is 0 Å². The second kappa shape index (κ2) is 9.37. The van der Waals surface area contributed by atoms with E-state index < -0.39 is 0 Å². The van der Waals surface area contributed by atoms with E-state index in [1.165, 1.54) is 31.2 Å². The van der Waals surface area contributed by atoms with Crippen molar-refractivity contribution in [3.8, 4) is 5.75 Å². The van der Waals surface area contributed by atoms with Gasteiger partial charge in [-0.1, -0.05) is 44.9 Å². The Labute approximate surface area is 136 Å². The van der Waals surface area contributed by atoms with Crippen molar-refractivity contribution in [1.82, 2.24) is 4.90 Å². The second-order valence-electron chi connectivity index (χ2n) is 6.14. The normalized spacial score (nSPS) is 11.9. The van der Waals surface area contributed by atoms with E-state index in [4.69, 9.17) is 4.74 Å². The zero-order valence-electron chi connectivity index (χ0n) is 14.1. The fourth-order valence-electron chi connectivity index (χ4n) is 3.30. The van der Waals surface area contributed by atoms with Crippen molar-refractivity contribution in [3.63, 3.8) is 0 Å². The molecule has 0 bridgehead atoms. The van der Waals surface area contributed by atoms with Gasteiger partial charge in [0.25, 0.3) is 0 Å². The average molecular weight is 310 g/mol. The van der Waals surface area contributed by atoms with Crippen molar-refractivity contribution < 1.29 is 4.74 Å². The van der Waals surface area contributed by atoms with Gasteiger partial charge in [-0.05, 0) is 37.1 Å². The largest absolute Gasteiger partial charge is 0.496 e. The van der Waals surface area contributed by atoms with Crippen LogP contribution in [0.1, 0.15) is 45.1 Å². The molecule has 0 unspecified atom stereocenters. The van der Waals surface area contributed by atoms with Gasteiger partial charge in [0.1, 0.15) is 5.75 Å². The Hall–Kier alpha value is -0.670. The minimum absolute atomic E-state index is 0.337. The minimum Gasteiger partial charge on any atom is -0.496 e. The fraction of sp³-hybridized carbons (Fsp3) is 0.667. The SMILES string of the molecule is CCCC(CS)(CCC)CN(C)Cc1ccccc1OC. The first-order valence-corrected chi connectivity index (χ1v) is 8.65. The van der Waals surface area contributed by atoms with Crippen LogP contribution in [-0.4, -0.2) is 31.4 Å². The molecular weight excluding hydrogens is 278 g/mol. The third kappa shape index (κ3) is 5.55. The Morgan fingerprint density at radius 2 is 1.76 bits per heavy atom. The van der Waals surface area contributed by atoms with Crippen molar-refractivity contribution in [2.75, 3.05) is 26.5 Å². The molecule has 0 radical (unpaired) electrons. The molecule has 0 fully saturated rings. The van der Waals surface area contributed by atoms with Gasteiger partial charge in [-0.15, -0.1) is 0 Å². The molecule has 3 heteroatoms. The molecule has 0 heterocycles. The maximum absolute atomic E-state index is 5.46. The smallest absolute Gasteiger partial charge is 0.123 e. The summed E-state index contributed by atoms with van der Waals surface area (Å²) < 4.78 is 5.46. The van der Waals surface area contributed by atoms with E-state index in [1.54, 1.807) is 7.11 Å². The number of benzene rings is 1. The number of rotatable bonds is 10. The van der Waals surface area contributed by atoms with Gasteiger partial charge >= 0.3 is 0 Å². The summed E-state index contributed by atoms with van der Waals surface area (Å²) in [7, 11) is 3.95. The zero-order valence-corrected chi connectivity index (χ0v) is 15.0. The highest BCUT2D eigenvalue weighted by Crippen LogP contribution is 2.33. The number of thiol groups is 1. The van der Waals surface area contributed by atoms with Gasteiger partial charge in [0.15, 0.2) is 0 Å². The van der Waals surface area contributed by atoms with Gasteiger partial charge in [-0.25, -0.2) is 0 Å². The molecule has 0 aliphatic heterocycles. The number of hydrogen-bond acceptors (Lipinski definition) is 3. The van der Waals surface area contributed by atoms with Crippen molar-refractivity contribution in [3.05, 3.63) is 29.8 Å². The van der Waals surface area contributed by atoms with Gasteiger partial charge in [-0.2, -0.15) is 12.6 Å². The van der Waals surface area contributed by atoms with Crippen LogP contribution in [0.3, 0.4) is 0 Å². The van der Waals surface area contributed by atoms with E-state index in [0.29, 0.717) is 5.41 Å². The van der Waals surface area contributed by atoms with Crippen LogP contribution in [0.25, 0.3) is 0 Å². The molecule has 0 saturated carbocycles. The molecular formula is C18H31NOS. The van der Waals surface area contributed by atoms with Gasteiger partial charge < -0.3 is 9.64 Å². The summed E-state index contributed by atoms with van der Waals surface area (Å²) in [5.74, 6) is 1.94. The average Bonchev–Trinajstić information content (AvgIpc) is 2.48. The highest BCUT2D eigenvalue weighted by Gasteiger charge is 2.28. The molecule has 0 spiro atoms. The Morgan fingerprint density at radius 1 is 1.14 bits per heavy atom. The van der Waals surface area contributed by atoms with Crippen molar-refractivity contribution in [1.29, 1.82) is 0 Å². The van der Waals surface area contributed by atoms with Gasteiger partial charge in [0.2, 0.25) is 0 Å². The Kier molecular flexibility index (Phi) is 8.20. The molecule has 0 atom stereocenters. The van der Waals surface area contributed by atoms with Crippen LogP contribution in [0.4, 0.5) is 0 Å². The van der Waals surface area contributed by atoms with E-state index >= 15 is 0 Å². The van der Waals surface area contributed by atoms with Crippen LogP contribution in [0, 0.1) is 5.41 Å². The van der Waals surface area contributed by atoms with Crippen molar-refractivity contribution in [2.24, 2.45) is 5.41 Å². The van der Waals surface area contributed by atoms with Crippen LogP contribution < -0.4 is 4.74 Å². The first-order chi connectivity index (χ1) is 10.1. The summed E-state index contributed by atoms with van der Waals surface area (Å²) in [4.78, 5) is 2.42. The second-order valence-corrected chi connectivity index (χ2v) is 6.46. The fourth-order valence-corrected chi connectivity index (χ4v) is 3.72. The van der Waals surface area contributed by atoms with Crippen LogP contribution in [0.2, 0.25) is 0 Å². The first kappa shape index (κ1) is 18.4. The third-order valence-corrected chi connectivity index (χ3v) is 4.81. The monoisotopic (exact) mass is 309 g/mol. The molecule has 21 heavy (non-hydrogen) atoms. The lowest BCUT2D eigenvalue weighted by Crippen LogP contribution is -2.37. The van der Waals surface area contributed by atoms with E-state index in [9.17, 15) is 0 Å². The van der Waals surface area contributed by atoms with Gasteiger partial charge in [0.05, 0.1) is 7.11 Å². The number of methoxy groups -OCH3 is 1. The highest BCUT2D eigenvalue weighted by atomic mass is 32.1. The van der Waals surface area contributed by atoms with Crippen LogP contribution in [-0.2, 0) is 6.54 Å². The molecule has 1 aromatic rings. The molecule has 1 rings (SSSR count). The summed E-state index contributed by atoms with van der Waals surface area (Å²) >= 11 is 4.66. The molecule has 0 aromatic heterocycles. The van der Waals surface area contributed by atoms with Crippen LogP contribution in [0.15, 0.2) is 24.3 Å². The maximum atomic E-state index is 5.46. The quantitative estimate of drug-likeness (QED) is 0.632. The summed E-state index contributed by atoms with van der Waals surface area (Å²) in [6, 6.07) is 8.29. The van der Waals surface area contributed by atoms with Crippen LogP contribution >= 0.6 is 12.6 Å². The summed E-state index contributed by atoms with van der Waals surface area (Å²) in [6.45, 7) is 6.56. The third-order valence-electron chi connectivity index (χ3n) is 4.13. The Balaban J connectivity index is 2.75. The first-order valence-electron chi connectivity index (χ1n) is 8.02. The highest BCUT2D eigenvalue weighted by molar-refractivity contribution is 7.80. The van der Waals surface area contributed by atoms with E-state index in [0.717, 1.165) is 24.6 Å². The van der Waals surface area contributed by atoms with Crippen molar-refractivity contribution >= 4 is 12.6 Å². The molecule has 120 valence electrons. The molecule has 0 N–H and O–H groups in total. The Morgan fingerprint density at radius 3 is 2.29 bits per heavy atom.